The van der Waals surface area contributed by atoms with Gasteiger partial charge < -0.3 is 0 Å². The fourth-order valence-corrected chi connectivity index (χ4v) is 3.62. The Balaban J connectivity index is 2.13. The van der Waals surface area contributed by atoms with Crippen molar-refractivity contribution in [3.63, 3.8) is 0 Å². The van der Waals surface area contributed by atoms with Crippen LogP contribution in [-0.2, 0) is 6.42 Å². The molecule has 2 aromatic rings. The van der Waals surface area contributed by atoms with E-state index in [9.17, 15) is 0 Å². The fourth-order valence-electron chi connectivity index (χ4n) is 1.80. The van der Waals surface area contributed by atoms with Gasteiger partial charge in [0.1, 0.15) is 0 Å². The van der Waals surface area contributed by atoms with Gasteiger partial charge in [0.25, 0.3) is 0 Å². The first-order valence-electron chi connectivity index (χ1n) is 5.54. The summed E-state index contributed by atoms with van der Waals surface area (Å²) in [6.07, 6.45) is 1.02. The molecule has 1 heterocycles. The largest absolute Gasteiger partial charge is 0.148 e. The number of halogens is 2. The molecule has 1 aromatic carbocycles. The average molecular weight is 330 g/mol. The minimum atomic E-state index is 0.405. The van der Waals surface area contributed by atoms with E-state index < -0.39 is 0 Å². The van der Waals surface area contributed by atoms with Crippen LogP contribution in [0.3, 0.4) is 0 Å². The van der Waals surface area contributed by atoms with E-state index in [2.05, 4.69) is 58.6 Å². The second-order valence-corrected chi connectivity index (χ2v) is 6.42. The van der Waals surface area contributed by atoms with E-state index in [0.29, 0.717) is 11.8 Å². The molecule has 0 bridgehead atoms. The third-order valence-electron chi connectivity index (χ3n) is 2.80. The van der Waals surface area contributed by atoms with Crippen LogP contribution in [0.2, 0.25) is 0 Å². The number of rotatable bonds is 4. The molecule has 0 aliphatic rings. The normalized spacial score (nSPS) is 12.6. The summed E-state index contributed by atoms with van der Waals surface area (Å²) in [7, 11) is 0. The summed E-state index contributed by atoms with van der Waals surface area (Å²) in [5, 5.41) is 2.12. The number of thiophene rings is 1. The summed E-state index contributed by atoms with van der Waals surface area (Å²) < 4.78 is 1.16. The summed E-state index contributed by atoms with van der Waals surface area (Å²) in [5.41, 5.74) is 2.62. The van der Waals surface area contributed by atoms with Crippen LogP contribution < -0.4 is 0 Å². The van der Waals surface area contributed by atoms with Crippen molar-refractivity contribution in [1.29, 1.82) is 0 Å². The van der Waals surface area contributed by atoms with Crippen molar-refractivity contribution in [2.45, 2.75) is 19.3 Å². The molecule has 0 radical (unpaired) electrons. The van der Waals surface area contributed by atoms with Crippen LogP contribution in [0.5, 0.6) is 0 Å². The summed E-state index contributed by atoms with van der Waals surface area (Å²) in [6, 6.07) is 10.9. The highest BCUT2D eigenvalue weighted by molar-refractivity contribution is 9.10. The van der Waals surface area contributed by atoms with Crippen LogP contribution in [0.25, 0.3) is 0 Å². The van der Waals surface area contributed by atoms with Gasteiger partial charge in [0.2, 0.25) is 0 Å². The molecule has 0 saturated heterocycles. The van der Waals surface area contributed by atoms with Gasteiger partial charge in [-0.2, -0.15) is 0 Å². The number of alkyl halides is 1. The lowest BCUT2D eigenvalue weighted by molar-refractivity contribution is 0.775. The van der Waals surface area contributed by atoms with Crippen LogP contribution in [0.15, 0.2) is 40.2 Å². The Hall–Kier alpha value is -0.310. The minimum Gasteiger partial charge on any atom is -0.148 e. The van der Waals surface area contributed by atoms with Crippen LogP contribution >= 0.6 is 38.9 Å². The highest BCUT2D eigenvalue weighted by Gasteiger charge is 2.12. The second kappa shape index (κ2) is 6.03. The molecule has 0 amide bonds. The molecule has 0 fully saturated rings. The van der Waals surface area contributed by atoms with Crippen molar-refractivity contribution in [3.8, 4) is 0 Å². The van der Waals surface area contributed by atoms with Gasteiger partial charge in [-0.15, -0.1) is 22.9 Å². The fraction of sp³-hybridized carbons (Fsp3) is 0.286. The molecule has 0 saturated carbocycles. The molecule has 1 unspecified atom stereocenters. The van der Waals surface area contributed by atoms with Gasteiger partial charge in [-0.3, -0.25) is 0 Å². The Morgan fingerprint density at radius 3 is 2.53 bits per heavy atom. The van der Waals surface area contributed by atoms with Crippen molar-refractivity contribution in [2.24, 2.45) is 0 Å². The molecule has 0 nitrogen and oxygen atoms in total. The summed E-state index contributed by atoms with van der Waals surface area (Å²) >= 11 is 11.4. The Kier molecular flexibility index (Phi) is 4.66. The quantitative estimate of drug-likeness (QED) is 0.660. The Bertz CT molecular complexity index is 475. The van der Waals surface area contributed by atoms with Crippen molar-refractivity contribution in [1.82, 2.24) is 0 Å². The minimum absolute atomic E-state index is 0.405. The lowest BCUT2D eigenvalue weighted by atomic mass is 9.96. The van der Waals surface area contributed by atoms with Gasteiger partial charge >= 0.3 is 0 Å². The van der Waals surface area contributed by atoms with Crippen molar-refractivity contribution in [2.75, 3.05) is 5.88 Å². The van der Waals surface area contributed by atoms with Gasteiger partial charge in [0.05, 0.1) is 0 Å². The Labute approximate surface area is 120 Å². The molecule has 1 atom stereocenters. The standard InChI is InChI=1S/C14H14BrClS/c1-10-2-4-11(5-3-10)12(8-16)6-14-7-13(15)9-17-14/h2-5,7,9,12H,6,8H2,1H3. The summed E-state index contributed by atoms with van der Waals surface area (Å²) in [5.74, 6) is 1.07. The first kappa shape index (κ1) is 13.1. The molecule has 1 aromatic heterocycles. The third kappa shape index (κ3) is 3.57. The SMILES string of the molecule is Cc1ccc(C(CCl)Cc2cc(Br)cs2)cc1. The maximum absolute atomic E-state index is 6.09. The zero-order chi connectivity index (χ0) is 12.3. The first-order valence-corrected chi connectivity index (χ1v) is 7.75. The highest BCUT2D eigenvalue weighted by atomic mass is 79.9. The van der Waals surface area contributed by atoms with E-state index in [4.69, 9.17) is 11.6 Å². The highest BCUT2D eigenvalue weighted by Crippen LogP contribution is 2.27. The first-order chi connectivity index (χ1) is 8.19. The molecule has 90 valence electrons. The van der Waals surface area contributed by atoms with E-state index >= 15 is 0 Å². The van der Waals surface area contributed by atoms with Gasteiger partial charge in [0, 0.05) is 26.5 Å². The van der Waals surface area contributed by atoms with Crippen molar-refractivity contribution < 1.29 is 0 Å². The van der Waals surface area contributed by atoms with Gasteiger partial charge in [-0.05, 0) is 40.9 Å². The van der Waals surface area contributed by atoms with Crippen LogP contribution in [-0.4, -0.2) is 5.88 Å². The lowest BCUT2D eigenvalue weighted by Gasteiger charge is -2.13. The predicted molar refractivity (Wildman–Crippen MR) is 80.4 cm³/mol. The number of hydrogen-bond donors (Lipinski definition) is 0. The zero-order valence-electron chi connectivity index (χ0n) is 9.62. The maximum Gasteiger partial charge on any atom is 0.0295 e. The van der Waals surface area contributed by atoms with E-state index in [-0.39, 0.29) is 0 Å². The smallest absolute Gasteiger partial charge is 0.0295 e. The van der Waals surface area contributed by atoms with Crippen LogP contribution in [0, 0.1) is 6.92 Å². The van der Waals surface area contributed by atoms with Crippen molar-refractivity contribution in [3.05, 3.63) is 56.2 Å². The Morgan fingerprint density at radius 2 is 2.00 bits per heavy atom. The number of hydrogen-bond acceptors (Lipinski definition) is 1. The molecular weight excluding hydrogens is 316 g/mol. The molecular formula is C14H14BrClS. The van der Waals surface area contributed by atoms with Crippen LogP contribution in [0.4, 0.5) is 0 Å². The Morgan fingerprint density at radius 1 is 1.29 bits per heavy atom. The second-order valence-electron chi connectivity index (χ2n) is 4.20. The molecule has 2 rings (SSSR count). The predicted octanol–water partition coefficient (Wildman–Crippen LogP) is 5.38. The van der Waals surface area contributed by atoms with Gasteiger partial charge in [-0.1, -0.05) is 29.8 Å². The lowest BCUT2D eigenvalue weighted by Crippen LogP contribution is -2.03. The van der Waals surface area contributed by atoms with Gasteiger partial charge in [0.15, 0.2) is 0 Å². The molecule has 0 spiro atoms. The van der Waals surface area contributed by atoms with E-state index in [1.54, 1.807) is 11.3 Å². The molecule has 0 aliphatic heterocycles. The molecule has 3 heteroatoms. The molecule has 0 N–H and O–H groups in total. The number of aryl methyl sites for hydroxylation is 1. The average Bonchev–Trinajstić information content (AvgIpc) is 2.73. The van der Waals surface area contributed by atoms with Crippen LogP contribution in [0.1, 0.15) is 21.9 Å². The zero-order valence-corrected chi connectivity index (χ0v) is 12.8. The molecule has 0 aliphatic carbocycles. The topological polar surface area (TPSA) is 0 Å². The third-order valence-corrected chi connectivity index (χ3v) is 4.90. The summed E-state index contributed by atoms with van der Waals surface area (Å²) in [6.45, 7) is 2.11. The maximum atomic E-state index is 6.09. The summed E-state index contributed by atoms with van der Waals surface area (Å²) in [4.78, 5) is 1.38. The van der Waals surface area contributed by atoms with Gasteiger partial charge in [-0.25, -0.2) is 0 Å². The monoisotopic (exact) mass is 328 g/mol. The van der Waals surface area contributed by atoms with E-state index in [1.807, 2.05) is 0 Å². The van der Waals surface area contributed by atoms with E-state index in [1.165, 1.54) is 16.0 Å². The van der Waals surface area contributed by atoms with Crippen molar-refractivity contribution >= 4 is 38.9 Å². The van der Waals surface area contributed by atoms with E-state index in [0.717, 1.165) is 10.9 Å². The molecule has 17 heavy (non-hydrogen) atoms. The number of benzene rings is 1.